The SMILES string of the molecule is CCS(=O)c1ccccc1C(=O)N1CCC(C(=O)O)(C(C)C)C1. The van der Waals surface area contributed by atoms with Gasteiger partial charge in [0.25, 0.3) is 5.91 Å². The maximum absolute atomic E-state index is 12.8. The third-order valence-electron chi connectivity index (χ3n) is 4.74. The van der Waals surface area contributed by atoms with E-state index in [1.54, 1.807) is 36.1 Å². The molecule has 6 heteroatoms. The zero-order valence-electron chi connectivity index (χ0n) is 13.7. The second kappa shape index (κ2) is 6.83. The summed E-state index contributed by atoms with van der Waals surface area (Å²) < 4.78 is 12.1. The van der Waals surface area contributed by atoms with Gasteiger partial charge in [0.05, 0.1) is 26.7 Å². The number of amides is 1. The Hall–Kier alpha value is -1.69. The van der Waals surface area contributed by atoms with Crippen LogP contribution in [0.3, 0.4) is 0 Å². The Morgan fingerprint density at radius 2 is 2.00 bits per heavy atom. The zero-order chi connectivity index (χ0) is 17.2. The highest BCUT2D eigenvalue weighted by atomic mass is 32.2. The van der Waals surface area contributed by atoms with Gasteiger partial charge in [-0.05, 0) is 24.5 Å². The molecule has 1 heterocycles. The first kappa shape index (κ1) is 17.7. The minimum absolute atomic E-state index is 0.0576. The van der Waals surface area contributed by atoms with Gasteiger partial charge in [-0.3, -0.25) is 13.8 Å². The van der Waals surface area contributed by atoms with Crippen LogP contribution in [0.5, 0.6) is 0 Å². The van der Waals surface area contributed by atoms with E-state index in [9.17, 15) is 18.9 Å². The lowest BCUT2D eigenvalue weighted by Gasteiger charge is -2.28. The molecule has 1 amide bonds. The van der Waals surface area contributed by atoms with Crippen LogP contribution in [0.2, 0.25) is 0 Å². The van der Waals surface area contributed by atoms with Gasteiger partial charge in [0.2, 0.25) is 0 Å². The molecule has 0 bridgehead atoms. The topological polar surface area (TPSA) is 74.7 Å². The predicted molar refractivity (Wildman–Crippen MR) is 88.8 cm³/mol. The first-order chi connectivity index (χ1) is 10.8. The third kappa shape index (κ3) is 3.17. The van der Waals surface area contributed by atoms with Gasteiger partial charge < -0.3 is 10.0 Å². The fourth-order valence-electron chi connectivity index (χ4n) is 3.07. The van der Waals surface area contributed by atoms with E-state index in [0.717, 1.165) is 0 Å². The smallest absolute Gasteiger partial charge is 0.311 e. The number of benzene rings is 1. The molecular weight excluding hydrogens is 314 g/mol. The number of carboxylic acids is 1. The molecular formula is C17H23NO4S. The van der Waals surface area contributed by atoms with Crippen molar-refractivity contribution in [2.75, 3.05) is 18.8 Å². The van der Waals surface area contributed by atoms with E-state index in [4.69, 9.17) is 0 Å². The average Bonchev–Trinajstić information content (AvgIpc) is 3.00. The summed E-state index contributed by atoms with van der Waals surface area (Å²) in [6.45, 7) is 6.17. The van der Waals surface area contributed by atoms with Crippen molar-refractivity contribution < 1.29 is 18.9 Å². The molecule has 2 rings (SSSR count). The van der Waals surface area contributed by atoms with E-state index < -0.39 is 22.2 Å². The second-order valence-electron chi connectivity index (χ2n) is 6.22. The van der Waals surface area contributed by atoms with Crippen LogP contribution >= 0.6 is 0 Å². The van der Waals surface area contributed by atoms with Crippen molar-refractivity contribution in [1.82, 2.24) is 4.90 Å². The van der Waals surface area contributed by atoms with Gasteiger partial charge in [-0.2, -0.15) is 0 Å². The molecule has 2 atom stereocenters. The molecule has 1 aliphatic heterocycles. The van der Waals surface area contributed by atoms with Gasteiger partial charge in [0, 0.05) is 18.8 Å². The lowest BCUT2D eigenvalue weighted by atomic mass is 9.76. The summed E-state index contributed by atoms with van der Waals surface area (Å²) in [7, 11) is -1.22. The molecule has 1 saturated heterocycles. The molecule has 1 N–H and O–H groups in total. The van der Waals surface area contributed by atoms with E-state index >= 15 is 0 Å². The molecule has 0 saturated carbocycles. The molecule has 23 heavy (non-hydrogen) atoms. The Balaban J connectivity index is 2.30. The van der Waals surface area contributed by atoms with Crippen LogP contribution in [0.15, 0.2) is 29.2 Å². The number of aliphatic carboxylic acids is 1. The number of carbonyl (C=O) groups excluding carboxylic acids is 1. The standard InChI is InChI=1S/C17H23NO4S/c1-4-23(22)14-8-6-5-7-13(14)15(19)18-10-9-17(11-18,12(2)3)16(20)21/h5-8,12H,4,9-11H2,1-3H3,(H,20,21). The summed E-state index contributed by atoms with van der Waals surface area (Å²) in [6.07, 6.45) is 0.449. The van der Waals surface area contributed by atoms with Crippen LogP contribution in [-0.2, 0) is 15.6 Å². The lowest BCUT2D eigenvalue weighted by Crippen LogP contribution is -2.40. The fourth-order valence-corrected chi connectivity index (χ4v) is 4.01. The molecule has 0 aromatic heterocycles. The number of carbonyl (C=O) groups is 2. The van der Waals surface area contributed by atoms with Crippen LogP contribution in [0.4, 0.5) is 0 Å². The van der Waals surface area contributed by atoms with E-state index in [1.807, 2.05) is 13.8 Å². The highest BCUT2D eigenvalue weighted by Crippen LogP contribution is 2.38. The first-order valence-electron chi connectivity index (χ1n) is 7.83. The minimum atomic E-state index is -1.22. The average molecular weight is 337 g/mol. The third-order valence-corrected chi connectivity index (χ3v) is 6.12. The minimum Gasteiger partial charge on any atom is -0.481 e. The van der Waals surface area contributed by atoms with E-state index in [2.05, 4.69) is 0 Å². The van der Waals surface area contributed by atoms with Crippen molar-refractivity contribution in [3.8, 4) is 0 Å². The maximum Gasteiger partial charge on any atom is 0.311 e. The Morgan fingerprint density at radius 1 is 1.35 bits per heavy atom. The number of nitrogens with zero attached hydrogens (tertiary/aromatic N) is 1. The van der Waals surface area contributed by atoms with Crippen LogP contribution < -0.4 is 0 Å². The molecule has 1 aromatic carbocycles. The van der Waals surface area contributed by atoms with Gasteiger partial charge in [0.15, 0.2) is 0 Å². The Kier molecular flexibility index (Phi) is 5.24. The fraction of sp³-hybridized carbons (Fsp3) is 0.529. The molecule has 126 valence electrons. The number of rotatable bonds is 5. The van der Waals surface area contributed by atoms with Gasteiger partial charge in [-0.1, -0.05) is 32.9 Å². The van der Waals surface area contributed by atoms with Crippen molar-refractivity contribution in [2.45, 2.75) is 32.1 Å². The van der Waals surface area contributed by atoms with Crippen LogP contribution in [0, 0.1) is 11.3 Å². The van der Waals surface area contributed by atoms with Crippen LogP contribution in [0.1, 0.15) is 37.6 Å². The molecule has 1 fully saturated rings. The monoisotopic (exact) mass is 337 g/mol. The summed E-state index contributed by atoms with van der Waals surface area (Å²) in [4.78, 5) is 26.6. The Morgan fingerprint density at radius 3 is 2.52 bits per heavy atom. The molecule has 0 radical (unpaired) electrons. The van der Waals surface area contributed by atoms with E-state index in [0.29, 0.717) is 29.2 Å². The summed E-state index contributed by atoms with van der Waals surface area (Å²) in [5.41, 5.74) is -0.480. The molecule has 5 nitrogen and oxygen atoms in total. The van der Waals surface area contributed by atoms with Gasteiger partial charge in [0.1, 0.15) is 0 Å². The summed E-state index contributed by atoms with van der Waals surface area (Å²) in [5.74, 6) is -0.702. The maximum atomic E-state index is 12.8. The van der Waals surface area contributed by atoms with Crippen molar-refractivity contribution in [1.29, 1.82) is 0 Å². The first-order valence-corrected chi connectivity index (χ1v) is 9.15. The predicted octanol–water partition coefficient (Wildman–Crippen LogP) is 2.39. The molecule has 1 aromatic rings. The molecule has 0 aliphatic carbocycles. The van der Waals surface area contributed by atoms with Crippen LogP contribution in [-0.4, -0.2) is 44.9 Å². The summed E-state index contributed by atoms with van der Waals surface area (Å²) >= 11 is 0. The molecule has 2 unspecified atom stereocenters. The Bertz CT molecular complexity index is 643. The largest absolute Gasteiger partial charge is 0.481 e. The normalized spacial score (nSPS) is 22.3. The van der Waals surface area contributed by atoms with Gasteiger partial charge in [-0.15, -0.1) is 0 Å². The van der Waals surface area contributed by atoms with Crippen LogP contribution in [0.25, 0.3) is 0 Å². The Labute approximate surface area is 139 Å². The summed E-state index contributed by atoms with van der Waals surface area (Å²) in [5, 5.41) is 9.60. The van der Waals surface area contributed by atoms with E-state index in [1.165, 1.54) is 0 Å². The van der Waals surface area contributed by atoms with Crippen molar-refractivity contribution in [2.24, 2.45) is 11.3 Å². The number of hydrogen-bond donors (Lipinski definition) is 1. The summed E-state index contributed by atoms with van der Waals surface area (Å²) in [6, 6.07) is 6.88. The van der Waals surface area contributed by atoms with Crippen molar-refractivity contribution in [3.63, 3.8) is 0 Å². The zero-order valence-corrected chi connectivity index (χ0v) is 14.6. The quantitative estimate of drug-likeness (QED) is 0.895. The van der Waals surface area contributed by atoms with Gasteiger partial charge in [-0.25, -0.2) is 0 Å². The van der Waals surface area contributed by atoms with Crippen molar-refractivity contribution >= 4 is 22.7 Å². The highest BCUT2D eigenvalue weighted by Gasteiger charge is 2.48. The van der Waals surface area contributed by atoms with Crippen molar-refractivity contribution in [3.05, 3.63) is 29.8 Å². The van der Waals surface area contributed by atoms with Gasteiger partial charge >= 0.3 is 5.97 Å². The highest BCUT2D eigenvalue weighted by molar-refractivity contribution is 7.85. The molecule has 0 spiro atoms. The van der Waals surface area contributed by atoms with E-state index in [-0.39, 0.29) is 18.4 Å². The number of carboxylic acid groups (broad SMARTS) is 1. The second-order valence-corrected chi connectivity index (χ2v) is 7.93. The number of likely N-dealkylation sites (tertiary alicyclic amines) is 1. The lowest BCUT2D eigenvalue weighted by molar-refractivity contribution is -0.150. The molecule has 1 aliphatic rings. The number of hydrogen-bond acceptors (Lipinski definition) is 3.